The Bertz CT molecular complexity index is 615. The molecule has 0 aliphatic heterocycles. The molecule has 2 aromatic rings. The highest BCUT2D eigenvalue weighted by Crippen LogP contribution is 2.30. The fraction of sp³-hybridized carbons (Fsp3) is 0.133. The van der Waals surface area contributed by atoms with E-state index in [9.17, 15) is 4.39 Å². The van der Waals surface area contributed by atoms with Crippen LogP contribution in [0.1, 0.15) is 24.1 Å². The average Bonchev–Trinajstić information content (AvgIpc) is 2.39. The minimum absolute atomic E-state index is 0.340. The van der Waals surface area contributed by atoms with Gasteiger partial charge in [0.1, 0.15) is 17.3 Å². The van der Waals surface area contributed by atoms with E-state index in [1.807, 2.05) is 6.07 Å². The quantitative estimate of drug-likeness (QED) is 0.914. The van der Waals surface area contributed by atoms with Gasteiger partial charge in [0, 0.05) is 11.6 Å². The molecule has 1 atom stereocenters. The van der Waals surface area contributed by atoms with Gasteiger partial charge in [-0.25, -0.2) is 4.39 Å². The summed E-state index contributed by atoms with van der Waals surface area (Å²) in [6.07, 6.45) is 0. The molecule has 0 saturated carbocycles. The summed E-state index contributed by atoms with van der Waals surface area (Å²) in [5, 5.41) is 8.71. The summed E-state index contributed by atoms with van der Waals surface area (Å²) in [6, 6.07) is 12.7. The van der Waals surface area contributed by atoms with Crippen LogP contribution in [0, 0.1) is 17.1 Å². The van der Waals surface area contributed by atoms with Gasteiger partial charge in [0.15, 0.2) is 0 Å². The van der Waals surface area contributed by atoms with Crippen molar-refractivity contribution in [3.8, 4) is 17.6 Å². The molecule has 19 heavy (non-hydrogen) atoms. The molecule has 2 N–H and O–H groups in total. The molecule has 3 nitrogen and oxygen atoms in total. The van der Waals surface area contributed by atoms with Gasteiger partial charge in [-0.2, -0.15) is 5.26 Å². The van der Waals surface area contributed by atoms with Crippen molar-refractivity contribution in [3.05, 3.63) is 59.4 Å². The number of halogens is 1. The molecule has 96 valence electrons. The second-order valence-electron chi connectivity index (χ2n) is 4.18. The molecule has 0 spiro atoms. The van der Waals surface area contributed by atoms with Crippen LogP contribution in [0.25, 0.3) is 0 Å². The predicted molar refractivity (Wildman–Crippen MR) is 70.2 cm³/mol. The summed E-state index contributed by atoms with van der Waals surface area (Å²) in [7, 11) is 0. The SMILES string of the molecule is C[C@H](N)c1c(F)cccc1Oc1ccc(C#N)cc1. The van der Waals surface area contributed by atoms with Crippen molar-refractivity contribution < 1.29 is 9.13 Å². The van der Waals surface area contributed by atoms with Crippen molar-refractivity contribution in [1.29, 1.82) is 5.26 Å². The van der Waals surface area contributed by atoms with Crippen LogP contribution in [-0.2, 0) is 0 Å². The Labute approximate surface area is 111 Å². The van der Waals surface area contributed by atoms with E-state index in [-0.39, 0.29) is 5.82 Å². The van der Waals surface area contributed by atoms with Crippen LogP contribution >= 0.6 is 0 Å². The lowest BCUT2D eigenvalue weighted by Crippen LogP contribution is -2.09. The largest absolute Gasteiger partial charge is 0.457 e. The molecule has 0 heterocycles. The molecule has 2 aromatic carbocycles. The summed E-state index contributed by atoms with van der Waals surface area (Å²) in [5.74, 6) is 0.535. The normalized spacial score (nSPS) is 11.7. The Morgan fingerprint density at radius 3 is 2.47 bits per heavy atom. The van der Waals surface area contributed by atoms with Crippen molar-refractivity contribution in [2.45, 2.75) is 13.0 Å². The Balaban J connectivity index is 2.33. The maximum atomic E-state index is 13.7. The number of nitrogens with two attached hydrogens (primary N) is 1. The van der Waals surface area contributed by atoms with E-state index >= 15 is 0 Å². The van der Waals surface area contributed by atoms with E-state index in [0.29, 0.717) is 22.6 Å². The summed E-state index contributed by atoms with van der Waals surface area (Å²) in [4.78, 5) is 0. The number of hydrogen-bond donors (Lipinski definition) is 1. The average molecular weight is 256 g/mol. The Morgan fingerprint density at radius 1 is 1.21 bits per heavy atom. The maximum Gasteiger partial charge on any atom is 0.135 e. The van der Waals surface area contributed by atoms with Gasteiger partial charge in [-0.3, -0.25) is 0 Å². The third-order valence-corrected chi connectivity index (χ3v) is 2.68. The molecule has 0 radical (unpaired) electrons. The lowest BCUT2D eigenvalue weighted by Gasteiger charge is -2.14. The fourth-order valence-electron chi connectivity index (χ4n) is 1.77. The molecule has 0 aliphatic carbocycles. The number of benzene rings is 2. The van der Waals surface area contributed by atoms with Crippen LogP contribution in [0.3, 0.4) is 0 Å². The lowest BCUT2D eigenvalue weighted by molar-refractivity contribution is 0.461. The van der Waals surface area contributed by atoms with E-state index in [4.69, 9.17) is 15.7 Å². The van der Waals surface area contributed by atoms with Gasteiger partial charge in [-0.05, 0) is 43.3 Å². The standard InChI is InChI=1S/C15H13FN2O/c1-10(18)15-13(16)3-2-4-14(15)19-12-7-5-11(9-17)6-8-12/h2-8,10H,18H2,1H3/t10-/m0/s1. The zero-order chi connectivity index (χ0) is 13.8. The van der Waals surface area contributed by atoms with E-state index < -0.39 is 6.04 Å². The molecule has 0 unspecified atom stereocenters. The van der Waals surface area contributed by atoms with Crippen LogP contribution in [0.2, 0.25) is 0 Å². The Hall–Kier alpha value is -2.38. The maximum absolute atomic E-state index is 13.7. The van der Waals surface area contributed by atoms with Gasteiger partial charge in [0.2, 0.25) is 0 Å². The van der Waals surface area contributed by atoms with Gasteiger partial charge < -0.3 is 10.5 Å². The van der Waals surface area contributed by atoms with Crippen LogP contribution < -0.4 is 10.5 Å². The molecule has 0 aliphatic rings. The first-order chi connectivity index (χ1) is 9.11. The Morgan fingerprint density at radius 2 is 1.89 bits per heavy atom. The number of nitrogens with zero attached hydrogens (tertiary/aromatic N) is 1. The first-order valence-corrected chi connectivity index (χ1v) is 5.84. The lowest BCUT2D eigenvalue weighted by atomic mass is 10.1. The van der Waals surface area contributed by atoms with Gasteiger partial charge >= 0.3 is 0 Å². The van der Waals surface area contributed by atoms with Gasteiger partial charge in [-0.1, -0.05) is 6.07 Å². The zero-order valence-corrected chi connectivity index (χ0v) is 10.4. The highest BCUT2D eigenvalue weighted by atomic mass is 19.1. The zero-order valence-electron chi connectivity index (χ0n) is 10.4. The molecule has 0 saturated heterocycles. The van der Waals surface area contributed by atoms with Crippen LogP contribution in [-0.4, -0.2) is 0 Å². The first-order valence-electron chi connectivity index (χ1n) is 5.84. The minimum Gasteiger partial charge on any atom is -0.457 e. The number of nitriles is 1. The van der Waals surface area contributed by atoms with Crippen molar-refractivity contribution in [3.63, 3.8) is 0 Å². The molecule has 0 fully saturated rings. The molecule has 0 aromatic heterocycles. The van der Waals surface area contributed by atoms with Gasteiger partial charge in [0.25, 0.3) is 0 Å². The molecule has 2 rings (SSSR count). The van der Waals surface area contributed by atoms with Gasteiger partial charge in [0.05, 0.1) is 11.6 Å². The highest BCUT2D eigenvalue weighted by molar-refractivity contribution is 5.42. The summed E-state index contributed by atoms with van der Waals surface area (Å²) in [5.41, 5.74) is 6.63. The molecular formula is C15H13FN2O. The highest BCUT2D eigenvalue weighted by Gasteiger charge is 2.14. The topological polar surface area (TPSA) is 59.0 Å². The van der Waals surface area contributed by atoms with Crippen molar-refractivity contribution in [2.24, 2.45) is 5.73 Å². The summed E-state index contributed by atoms with van der Waals surface area (Å²) >= 11 is 0. The van der Waals surface area contributed by atoms with Crippen molar-refractivity contribution in [1.82, 2.24) is 0 Å². The molecular weight excluding hydrogens is 243 g/mol. The van der Waals surface area contributed by atoms with Gasteiger partial charge in [-0.15, -0.1) is 0 Å². The van der Waals surface area contributed by atoms with E-state index in [1.54, 1.807) is 43.3 Å². The third-order valence-electron chi connectivity index (χ3n) is 2.68. The smallest absolute Gasteiger partial charge is 0.135 e. The summed E-state index contributed by atoms with van der Waals surface area (Å²) in [6.45, 7) is 1.70. The third kappa shape index (κ3) is 2.90. The van der Waals surface area contributed by atoms with Crippen molar-refractivity contribution in [2.75, 3.05) is 0 Å². The molecule has 4 heteroatoms. The fourth-order valence-corrected chi connectivity index (χ4v) is 1.77. The first kappa shape index (κ1) is 13.1. The van der Waals surface area contributed by atoms with Crippen LogP contribution in [0.5, 0.6) is 11.5 Å². The second-order valence-corrected chi connectivity index (χ2v) is 4.18. The summed E-state index contributed by atoms with van der Waals surface area (Å²) < 4.78 is 19.3. The number of rotatable bonds is 3. The van der Waals surface area contributed by atoms with E-state index in [0.717, 1.165) is 0 Å². The second kappa shape index (κ2) is 5.51. The van der Waals surface area contributed by atoms with Crippen LogP contribution in [0.15, 0.2) is 42.5 Å². The molecule has 0 amide bonds. The number of ether oxygens (including phenoxy) is 1. The predicted octanol–water partition coefficient (Wildman–Crippen LogP) is 3.51. The van der Waals surface area contributed by atoms with E-state index in [2.05, 4.69) is 0 Å². The molecule has 0 bridgehead atoms. The number of hydrogen-bond acceptors (Lipinski definition) is 3. The minimum atomic E-state index is -0.463. The van der Waals surface area contributed by atoms with E-state index in [1.165, 1.54) is 6.07 Å². The van der Waals surface area contributed by atoms with Crippen LogP contribution in [0.4, 0.5) is 4.39 Å². The monoisotopic (exact) mass is 256 g/mol. The Kier molecular flexibility index (Phi) is 3.79. The van der Waals surface area contributed by atoms with Crippen molar-refractivity contribution >= 4 is 0 Å².